The molecule has 1 N–H and O–H groups in total. The summed E-state index contributed by atoms with van der Waals surface area (Å²) < 4.78 is 28.5. The zero-order valence-corrected chi connectivity index (χ0v) is 13.7. The van der Waals surface area contributed by atoms with Gasteiger partial charge in [-0.25, -0.2) is 0 Å². The van der Waals surface area contributed by atoms with E-state index >= 15 is 0 Å². The van der Waals surface area contributed by atoms with E-state index in [0.29, 0.717) is 19.1 Å². The molecular weight excluding hydrogens is 274 g/mol. The number of nitrogens with zero attached hydrogens (tertiary/aromatic N) is 2. The van der Waals surface area contributed by atoms with Gasteiger partial charge in [-0.2, -0.15) is 17.0 Å². The van der Waals surface area contributed by atoms with Gasteiger partial charge in [0.1, 0.15) is 0 Å². The van der Waals surface area contributed by atoms with Crippen LogP contribution >= 0.6 is 0 Å². The molecular formula is C14H29N3O2S. The molecule has 1 saturated carbocycles. The predicted molar refractivity (Wildman–Crippen MR) is 81.8 cm³/mol. The summed E-state index contributed by atoms with van der Waals surface area (Å²) in [6.45, 7) is 4.23. The Kier molecular flexibility index (Phi) is 5.84. The van der Waals surface area contributed by atoms with Gasteiger partial charge < -0.3 is 5.32 Å². The number of nitrogens with one attached hydrogen (secondary N) is 1. The SMILES string of the molecule is CC1CCCCCN1S(=O)(=O)N(C)CCCNC1CC1. The molecule has 0 aromatic rings. The van der Waals surface area contributed by atoms with E-state index in [1.165, 1.54) is 17.1 Å². The third kappa shape index (κ3) is 4.41. The van der Waals surface area contributed by atoms with Gasteiger partial charge in [0.15, 0.2) is 0 Å². The van der Waals surface area contributed by atoms with E-state index in [9.17, 15) is 8.42 Å². The zero-order valence-electron chi connectivity index (χ0n) is 12.8. The standard InChI is InChI=1S/C14H29N3O2S/c1-13-7-4-3-5-12-17(13)20(18,19)16(2)11-6-10-15-14-8-9-14/h13-15H,3-12H2,1-2H3. The second-order valence-electron chi connectivity index (χ2n) is 6.22. The van der Waals surface area contributed by atoms with Crippen molar-refractivity contribution < 1.29 is 8.42 Å². The van der Waals surface area contributed by atoms with Crippen LogP contribution in [0, 0.1) is 0 Å². The van der Waals surface area contributed by atoms with Crippen molar-refractivity contribution in [2.45, 2.75) is 64.0 Å². The number of rotatable bonds is 7. The third-order valence-electron chi connectivity index (χ3n) is 4.34. The minimum atomic E-state index is -3.28. The summed E-state index contributed by atoms with van der Waals surface area (Å²) in [5.41, 5.74) is 0. The first-order valence-corrected chi connectivity index (χ1v) is 9.38. The lowest BCUT2D eigenvalue weighted by Gasteiger charge is -2.30. The van der Waals surface area contributed by atoms with Gasteiger partial charge in [0.2, 0.25) is 0 Å². The molecule has 1 heterocycles. The molecule has 0 amide bonds. The van der Waals surface area contributed by atoms with Crippen LogP contribution in [0.4, 0.5) is 0 Å². The van der Waals surface area contributed by atoms with Crippen molar-refractivity contribution >= 4 is 10.2 Å². The van der Waals surface area contributed by atoms with Crippen molar-refractivity contribution in [3.05, 3.63) is 0 Å². The molecule has 0 spiro atoms. The second kappa shape index (κ2) is 7.20. The first-order chi connectivity index (χ1) is 9.51. The van der Waals surface area contributed by atoms with E-state index in [1.54, 1.807) is 11.4 Å². The lowest BCUT2D eigenvalue weighted by atomic mass is 10.1. The molecule has 2 fully saturated rings. The van der Waals surface area contributed by atoms with E-state index in [0.717, 1.165) is 38.6 Å². The van der Waals surface area contributed by atoms with Crippen LogP contribution in [0.25, 0.3) is 0 Å². The summed E-state index contributed by atoms with van der Waals surface area (Å²) in [7, 11) is -1.57. The van der Waals surface area contributed by atoms with Crippen molar-refractivity contribution in [2.75, 3.05) is 26.7 Å². The summed E-state index contributed by atoms with van der Waals surface area (Å²) in [5.74, 6) is 0. The van der Waals surface area contributed by atoms with Crippen LogP contribution in [0.3, 0.4) is 0 Å². The zero-order chi connectivity index (χ0) is 14.6. The Morgan fingerprint density at radius 3 is 2.65 bits per heavy atom. The normalized spacial score (nSPS) is 25.9. The second-order valence-corrected chi connectivity index (χ2v) is 8.21. The first-order valence-electron chi connectivity index (χ1n) is 7.98. The Bertz CT molecular complexity index is 395. The minimum Gasteiger partial charge on any atom is -0.314 e. The predicted octanol–water partition coefficient (Wildman–Crippen LogP) is 1.57. The van der Waals surface area contributed by atoms with Crippen LogP contribution in [0.5, 0.6) is 0 Å². The summed E-state index contributed by atoms with van der Waals surface area (Å²) in [4.78, 5) is 0. The highest BCUT2D eigenvalue weighted by molar-refractivity contribution is 7.86. The molecule has 1 unspecified atom stereocenters. The summed E-state index contributed by atoms with van der Waals surface area (Å²) in [6, 6.07) is 0.831. The highest BCUT2D eigenvalue weighted by Crippen LogP contribution is 2.21. The van der Waals surface area contributed by atoms with Gasteiger partial charge >= 0.3 is 0 Å². The third-order valence-corrected chi connectivity index (χ3v) is 6.45. The fourth-order valence-corrected chi connectivity index (χ4v) is 4.42. The van der Waals surface area contributed by atoms with Gasteiger partial charge in [-0.15, -0.1) is 0 Å². The lowest BCUT2D eigenvalue weighted by molar-refractivity contribution is 0.308. The maximum Gasteiger partial charge on any atom is 0.281 e. The van der Waals surface area contributed by atoms with E-state index in [-0.39, 0.29) is 6.04 Å². The van der Waals surface area contributed by atoms with E-state index in [2.05, 4.69) is 5.32 Å². The topological polar surface area (TPSA) is 52.7 Å². The molecule has 118 valence electrons. The Morgan fingerprint density at radius 2 is 1.95 bits per heavy atom. The Hall–Kier alpha value is -0.170. The fourth-order valence-electron chi connectivity index (χ4n) is 2.78. The summed E-state index contributed by atoms with van der Waals surface area (Å²) in [6.07, 6.45) is 7.69. The van der Waals surface area contributed by atoms with Gasteiger partial charge in [-0.3, -0.25) is 0 Å². The maximum absolute atomic E-state index is 12.6. The fraction of sp³-hybridized carbons (Fsp3) is 1.00. The molecule has 6 heteroatoms. The molecule has 20 heavy (non-hydrogen) atoms. The van der Waals surface area contributed by atoms with E-state index in [1.807, 2.05) is 6.92 Å². The number of hydrogen-bond donors (Lipinski definition) is 1. The van der Waals surface area contributed by atoms with Gasteiger partial charge in [-0.05, 0) is 45.6 Å². The quantitative estimate of drug-likeness (QED) is 0.726. The average Bonchev–Trinajstić information content (AvgIpc) is 3.22. The molecule has 2 rings (SSSR count). The molecule has 1 saturated heterocycles. The van der Waals surface area contributed by atoms with Crippen molar-refractivity contribution in [1.29, 1.82) is 0 Å². The largest absolute Gasteiger partial charge is 0.314 e. The maximum atomic E-state index is 12.6. The summed E-state index contributed by atoms with van der Waals surface area (Å²) >= 11 is 0. The van der Waals surface area contributed by atoms with Crippen LogP contribution in [-0.4, -0.2) is 55.8 Å². The van der Waals surface area contributed by atoms with Crippen molar-refractivity contribution in [3.8, 4) is 0 Å². The Labute approximate surface area is 123 Å². The van der Waals surface area contributed by atoms with Crippen molar-refractivity contribution in [1.82, 2.24) is 13.9 Å². The smallest absolute Gasteiger partial charge is 0.281 e. The van der Waals surface area contributed by atoms with Gasteiger partial charge in [0, 0.05) is 32.2 Å². The van der Waals surface area contributed by atoms with Gasteiger partial charge in [-0.1, -0.05) is 12.8 Å². The molecule has 0 radical (unpaired) electrons. The molecule has 1 aliphatic heterocycles. The molecule has 0 aromatic heterocycles. The van der Waals surface area contributed by atoms with Crippen molar-refractivity contribution in [2.24, 2.45) is 0 Å². The lowest BCUT2D eigenvalue weighted by Crippen LogP contribution is -2.46. The molecule has 0 bridgehead atoms. The van der Waals surface area contributed by atoms with Crippen LogP contribution in [0.2, 0.25) is 0 Å². The first kappa shape index (κ1) is 16.2. The minimum absolute atomic E-state index is 0.134. The van der Waals surface area contributed by atoms with Crippen LogP contribution < -0.4 is 5.32 Å². The van der Waals surface area contributed by atoms with E-state index < -0.39 is 10.2 Å². The molecule has 0 aromatic carbocycles. The highest BCUT2D eigenvalue weighted by atomic mass is 32.2. The van der Waals surface area contributed by atoms with Crippen LogP contribution in [0.15, 0.2) is 0 Å². The van der Waals surface area contributed by atoms with Gasteiger partial charge in [0.25, 0.3) is 10.2 Å². The molecule has 2 aliphatic rings. The Morgan fingerprint density at radius 1 is 1.20 bits per heavy atom. The summed E-state index contributed by atoms with van der Waals surface area (Å²) in [5, 5.41) is 3.43. The Balaban J connectivity index is 1.82. The molecule has 1 aliphatic carbocycles. The van der Waals surface area contributed by atoms with Crippen LogP contribution in [-0.2, 0) is 10.2 Å². The average molecular weight is 303 g/mol. The molecule has 1 atom stereocenters. The number of hydrogen-bond acceptors (Lipinski definition) is 3. The van der Waals surface area contributed by atoms with Gasteiger partial charge in [0.05, 0.1) is 0 Å². The highest BCUT2D eigenvalue weighted by Gasteiger charge is 2.31. The van der Waals surface area contributed by atoms with E-state index in [4.69, 9.17) is 0 Å². The van der Waals surface area contributed by atoms with Crippen molar-refractivity contribution in [3.63, 3.8) is 0 Å². The monoisotopic (exact) mass is 303 g/mol. The van der Waals surface area contributed by atoms with Crippen LogP contribution in [0.1, 0.15) is 51.9 Å². The molecule has 5 nitrogen and oxygen atoms in total.